The van der Waals surface area contributed by atoms with E-state index in [0.717, 1.165) is 6.42 Å². The van der Waals surface area contributed by atoms with Crippen LogP contribution in [0.25, 0.3) is 0 Å². The molecule has 0 rings (SSSR count). The number of carbonyl (C=O) groups is 2. The number of rotatable bonds is 5. The standard InChI is InChI=1S/C7H13NO3.Ca.2H/c1-3-5(2)6(7(10)11)8-4-9;;;/h4-6H,3H2,1-2H3,(H,8,9)(H,10,11);;;/q;+2;2*-1/t5-,6-;;;/m0.../s1. The summed E-state index contributed by atoms with van der Waals surface area (Å²) in [7, 11) is 0. The largest absolute Gasteiger partial charge is 2.00 e. The Balaban J connectivity index is -0.000000167. The second kappa shape index (κ2) is 7.83. The molecule has 4 nitrogen and oxygen atoms in total. The first-order chi connectivity index (χ1) is 5.13. The summed E-state index contributed by atoms with van der Waals surface area (Å²) in [5.41, 5.74) is 0. The molecule has 0 heterocycles. The molecule has 0 unspecified atom stereocenters. The fourth-order valence-corrected chi connectivity index (χ4v) is 0.788. The molecule has 5 heteroatoms. The number of carboxylic acids is 1. The van der Waals surface area contributed by atoms with Crippen LogP contribution in [0.3, 0.4) is 0 Å². The summed E-state index contributed by atoms with van der Waals surface area (Å²) in [4.78, 5) is 20.4. The number of carboxylic acid groups (broad SMARTS) is 1. The summed E-state index contributed by atoms with van der Waals surface area (Å²) in [5, 5.41) is 10.8. The van der Waals surface area contributed by atoms with Crippen molar-refractivity contribution in [3.63, 3.8) is 0 Å². The van der Waals surface area contributed by atoms with Gasteiger partial charge in [-0.3, -0.25) is 4.79 Å². The van der Waals surface area contributed by atoms with E-state index in [1.54, 1.807) is 6.92 Å². The van der Waals surface area contributed by atoms with Gasteiger partial charge >= 0.3 is 43.7 Å². The molecule has 0 aromatic carbocycles. The third kappa shape index (κ3) is 4.95. The fraction of sp³-hybridized carbons (Fsp3) is 0.714. The zero-order chi connectivity index (χ0) is 8.85. The molecule has 0 fully saturated rings. The van der Waals surface area contributed by atoms with Crippen LogP contribution in [0.2, 0.25) is 0 Å². The van der Waals surface area contributed by atoms with Crippen LogP contribution in [0.5, 0.6) is 0 Å². The van der Waals surface area contributed by atoms with Gasteiger partial charge in [0, 0.05) is 0 Å². The Morgan fingerprint density at radius 2 is 2.25 bits per heavy atom. The van der Waals surface area contributed by atoms with E-state index in [1.807, 2.05) is 6.92 Å². The Kier molecular flexibility index (Phi) is 9.60. The van der Waals surface area contributed by atoms with Crippen LogP contribution in [0.4, 0.5) is 0 Å². The molecule has 1 amide bonds. The minimum absolute atomic E-state index is 0. The Morgan fingerprint density at radius 1 is 1.75 bits per heavy atom. The number of aliphatic carboxylic acids is 1. The zero-order valence-electron chi connectivity index (χ0n) is 9.41. The van der Waals surface area contributed by atoms with Crippen LogP contribution < -0.4 is 5.32 Å². The van der Waals surface area contributed by atoms with Crippen LogP contribution in [0.1, 0.15) is 23.1 Å². The van der Waals surface area contributed by atoms with E-state index in [9.17, 15) is 9.59 Å². The van der Waals surface area contributed by atoms with Crippen LogP contribution in [-0.2, 0) is 9.59 Å². The maximum absolute atomic E-state index is 10.5. The number of nitrogens with one attached hydrogen (secondary N) is 1. The topological polar surface area (TPSA) is 66.4 Å². The maximum atomic E-state index is 10.5. The molecule has 68 valence electrons. The van der Waals surface area contributed by atoms with Gasteiger partial charge in [-0.25, -0.2) is 4.79 Å². The summed E-state index contributed by atoms with van der Waals surface area (Å²) in [5.74, 6) is -1.01. The molecule has 0 aliphatic heterocycles. The van der Waals surface area contributed by atoms with Crippen molar-refractivity contribution in [1.82, 2.24) is 5.32 Å². The van der Waals surface area contributed by atoms with Gasteiger partial charge in [0.15, 0.2) is 0 Å². The van der Waals surface area contributed by atoms with Crippen molar-refractivity contribution in [3.8, 4) is 0 Å². The van der Waals surface area contributed by atoms with E-state index in [1.165, 1.54) is 0 Å². The summed E-state index contributed by atoms with van der Waals surface area (Å²) < 4.78 is 0. The van der Waals surface area contributed by atoms with Crippen molar-refractivity contribution in [2.24, 2.45) is 5.92 Å². The molecule has 0 spiro atoms. The molecular formula is C7H15CaNO3. The molecule has 12 heavy (non-hydrogen) atoms. The molecule has 0 saturated carbocycles. The second-order valence-electron chi connectivity index (χ2n) is 2.49. The number of amides is 1. The minimum atomic E-state index is -0.980. The third-order valence-corrected chi connectivity index (χ3v) is 1.73. The molecule has 0 aromatic rings. The molecule has 0 radical (unpaired) electrons. The predicted molar refractivity (Wildman–Crippen MR) is 48.1 cm³/mol. The van der Waals surface area contributed by atoms with Crippen molar-refractivity contribution >= 4 is 50.1 Å². The van der Waals surface area contributed by atoms with E-state index >= 15 is 0 Å². The summed E-state index contributed by atoms with van der Waals surface area (Å²) in [6, 6.07) is -0.752. The van der Waals surface area contributed by atoms with Crippen LogP contribution >= 0.6 is 0 Å². The van der Waals surface area contributed by atoms with Crippen LogP contribution in [-0.4, -0.2) is 61.3 Å². The van der Waals surface area contributed by atoms with E-state index in [4.69, 9.17) is 5.11 Å². The smallest absolute Gasteiger partial charge is 1.00 e. The van der Waals surface area contributed by atoms with Crippen molar-refractivity contribution in [1.29, 1.82) is 0 Å². The Labute approximate surface area is 105 Å². The van der Waals surface area contributed by atoms with Crippen molar-refractivity contribution < 1.29 is 17.5 Å². The Morgan fingerprint density at radius 3 is 2.50 bits per heavy atom. The molecular weight excluding hydrogens is 186 g/mol. The Bertz CT molecular complexity index is 160. The van der Waals surface area contributed by atoms with E-state index in [2.05, 4.69) is 5.32 Å². The van der Waals surface area contributed by atoms with Crippen molar-refractivity contribution in [3.05, 3.63) is 0 Å². The normalized spacial score (nSPS) is 13.8. The fourth-order valence-electron chi connectivity index (χ4n) is 0.788. The van der Waals surface area contributed by atoms with Gasteiger partial charge in [0.2, 0.25) is 6.41 Å². The SMILES string of the molecule is CC[C@H](C)[C@H](NC=O)C(=O)O.[Ca+2].[H-].[H-]. The van der Waals surface area contributed by atoms with Gasteiger partial charge in [-0.15, -0.1) is 0 Å². The van der Waals surface area contributed by atoms with Gasteiger partial charge < -0.3 is 13.3 Å². The molecule has 0 aromatic heterocycles. The molecule has 0 aliphatic carbocycles. The molecule has 2 N–H and O–H groups in total. The molecule has 0 saturated heterocycles. The van der Waals surface area contributed by atoms with Crippen LogP contribution in [0.15, 0.2) is 0 Å². The van der Waals surface area contributed by atoms with Gasteiger partial charge in [0.05, 0.1) is 0 Å². The van der Waals surface area contributed by atoms with Gasteiger partial charge in [0.1, 0.15) is 6.04 Å². The average molecular weight is 201 g/mol. The van der Waals surface area contributed by atoms with E-state index in [0.29, 0.717) is 6.41 Å². The monoisotopic (exact) mass is 201 g/mol. The van der Waals surface area contributed by atoms with Gasteiger partial charge in [0.25, 0.3) is 0 Å². The number of carbonyl (C=O) groups excluding carboxylic acids is 1. The van der Waals surface area contributed by atoms with E-state index < -0.39 is 12.0 Å². The zero-order valence-corrected chi connectivity index (χ0v) is 9.62. The quantitative estimate of drug-likeness (QED) is 0.489. The van der Waals surface area contributed by atoms with Crippen molar-refractivity contribution in [2.45, 2.75) is 26.3 Å². The predicted octanol–water partition coefficient (Wildman–Crippen LogP) is 0.0759. The molecule has 0 bridgehead atoms. The number of hydrogen-bond donors (Lipinski definition) is 2. The van der Waals surface area contributed by atoms with Gasteiger partial charge in [-0.2, -0.15) is 0 Å². The van der Waals surface area contributed by atoms with Crippen molar-refractivity contribution in [2.75, 3.05) is 0 Å². The Hall–Kier alpha value is 0.200. The van der Waals surface area contributed by atoms with Gasteiger partial charge in [-0.05, 0) is 5.92 Å². The van der Waals surface area contributed by atoms with Crippen LogP contribution in [0, 0.1) is 5.92 Å². The number of hydrogen-bond acceptors (Lipinski definition) is 2. The summed E-state index contributed by atoms with van der Waals surface area (Å²) >= 11 is 0. The minimum Gasteiger partial charge on any atom is -1.00 e. The first-order valence-corrected chi connectivity index (χ1v) is 3.56. The van der Waals surface area contributed by atoms with Gasteiger partial charge in [-0.1, -0.05) is 20.3 Å². The van der Waals surface area contributed by atoms with E-state index in [-0.39, 0.29) is 46.5 Å². The maximum Gasteiger partial charge on any atom is 2.00 e. The first-order valence-electron chi connectivity index (χ1n) is 3.56. The average Bonchev–Trinajstić information content (AvgIpc) is 1.98. The summed E-state index contributed by atoms with van der Waals surface area (Å²) in [6.45, 7) is 3.67. The second-order valence-corrected chi connectivity index (χ2v) is 2.49. The molecule has 0 aliphatic rings. The molecule has 2 atom stereocenters. The first kappa shape index (κ1) is 14.7. The third-order valence-electron chi connectivity index (χ3n) is 1.73. The summed E-state index contributed by atoms with van der Waals surface area (Å²) in [6.07, 6.45) is 1.16.